The fourth-order valence-corrected chi connectivity index (χ4v) is 9.90. The van der Waals surface area contributed by atoms with Crippen molar-refractivity contribution in [2.45, 2.75) is 20.0 Å². The summed E-state index contributed by atoms with van der Waals surface area (Å²) < 4.78 is 0. The number of anilines is 3. The largest absolute Gasteiger partial charge is 0.310 e. The van der Waals surface area contributed by atoms with E-state index in [1.165, 1.54) is 38.3 Å². The van der Waals surface area contributed by atoms with Crippen molar-refractivity contribution in [2.75, 3.05) is 4.90 Å². The standard InChI is InChI=1S/C39H35NP/c1-31-21-25-34(26-22-31)40(35-27-23-32(2)24-28-35)36-14-12-13-33(29-36)30-41(37-15-6-3-7-16-37,38-17-8-4-9-18-38)39-19-10-5-11-20-39/h3-29H,30H2,1-2H3/q+1. The molecule has 0 aromatic heterocycles. The molecule has 6 aromatic rings. The van der Waals surface area contributed by atoms with E-state index >= 15 is 0 Å². The van der Waals surface area contributed by atoms with Crippen LogP contribution in [0.1, 0.15) is 16.7 Å². The van der Waals surface area contributed by atoms with Crippen LogP contribution in [0.25, 0.3) is 0 Å². The molecule has 0 atom stereocenters. The van der Waals surface area contributed by atoms with E-state index in [9.17, 15) is 0 Å². The van der Waals surface area contributed by atoms with E-state index in [0.29, 0.717) is 0 Å². The van der Waals surface area contributed by atoms with Crippen molar-refractivity contribution in [3.63, 3.8) is 0 Å². The van der Waals surface area contributed by atoms with E-state index in [1.54, 1.807) is 0 Å². The Labute approximate surface area is 245 Å². The van der Waals surface area contributed by atoms with E-state index in [-0.39, 0.29) is 0 Å². The molecule has 0 radical (unpaired) electrons. The molecule has 0 amide bonds. The second-order valence-electron chi connectivity index (χ2n) is 10.7. The van der Waals surface area contributed by atoms with Crippen LogP contribution in [0.2, 0.25) is 0 Å². The van der Waals surface area contributed by atoms with Gasteiger partial charge in [-0.3, -0.25) is 0 Å². The molecule has 6 rings (SSSR count). The second-order valence-corrected chi connectivity index (χ2v) is 14.1. The van der Waals surface area contributed by atoms with Crippen LogP contribution in [-0.4, -0.2) is 0 Å². The van der Waals surface area contributed by atoms with Crippen molar-refractivity contribution in [3.8, 4) is 0 Å². The summed E-state index contributed by atoms with van der Waals surface area (Å²) in [5.41, 5.74) is 7.34. The molecule has 6 aromatic carbocycles. The molecule has 2 heteroatoms. The molecule has 0 N–H and O–H groups in total. The number of benzene rings is 6. The van der Waals surface area contributed by atoms with Gasteiger partial charge in [0.1, 0.15) is 23.2 Å². The lowest BCUT2D eigenvalue weighted by atomic mass is 10.1. The van der Waals surface area contributed by atoms with Gasteiger partial charge in [-0.05, 0) is 92.2 Å². The number of aryl methyl sites for hydroxylation is 2. The average molecular weight is 549 g/mol. The fraction of sp³-hybridized carbons (Fsp3) is 0.0769. The third-order valence-corrected chi connectivity index (χ3v) is 12.1. The molecule has 0 bridgehead atoms. The van der Waals surface area contributed by atoms with Gasteiger partial charge >= 0.3 is 0 Å². The van der Waals surface area contributed by atoms with Crippen LogP contribution in [0.15, 0.2) is 164 Å². The molecule has 0 saturated carbocycles. The summed E-state index contributed by atoms with van der Waals surface area (Å²) in [5.74, 6) is 0. The van der Waals surface area contributed by atoms with Gasteiger partial charge < -0.3 is 4.90 Å². The molecule has 0 unspecified atom stereocenters. The van der Waals surface area contributed by atoms with Crippen molar-refractivity contribution in [1.82, 2.24) is 0 Å². The molecule has 0 spiro atoms. The van der Waals surface area contributed by atoms with Crippen LogP contribution in [0.4, 0.5) is 17.1 Å². The molecule has 0 aliphatic carbocycles. The Bertz CT molecular complexity index is 1550. The maximum absolute atomic E-state index is 2.39. The Balaban J connectivity index is 1.52. The quantitative estimate of drug-likeness (QED) is 0.171. The van der Waals surface area contributed by atoms with Crippen molar-refractivity contribution in [3.05, 3.63) is 180 Å². The highest BCUT2D eigenvalue weighted by atomic mass is 31.2. The minimum atomic E-state index is -2.00. The average Bonchev–Trinajstić information content (AvgIpc) is 3.03. The van der Waals surface area contributed by atoms with E-state index in [1.807, 2.05) is 0 Å². The molecular formula is C39H35NP+. The lowest BCUT2D eigenvalue weighted by Crippen LogP contribution is -2.32. The SMILES string of the molecule is Cc1ccc(N(c2ccc(C)cc2)c2cccc(C[P+](c3ccccc3)(c3ccccc3)c3ccccc3)c2)cc1. The van der Waals surface area contributed by atoms with Gasteiger partial charge in [0.25, 0.3) is 0 Å². The zero-order valence-electron chi connectivity index (χ0n) is 23.7. The topological polar surface area (TPSA) is 3.24 Å². The summed E-state index contributed by atoms with van der Waals surface area (Å²) in [4.78, 5) is 2.37. The predicted octanol–water partition coefficient (Wildman–Crippen LogP) is 9.27. The Kier molecular flexibility index (Phi) is 7.81. The Morgan fingerprint density at radius 3 is 1.24 bits per heavy atom. The first-order valence-corrected chi connectivity index (χ1v) is 16.2. The van der Waals surface area contributed by atoms with Crippen molar-refractivity contribution in [1.29, 1.82) is 0 Å². The van der Waals surface area contributed by atoms with Gasteiger partial charge in [0.15, 0.2) is 0 Å². The Morgan fingerprint density at radius 1 is 0.415 bits per heavy atom. The van der Waals surface area contributed by atoms with Crippen LogP contribution in [0, 0.1) is 13.8 Å². The fourth-order valence-electron chi connectivity index (χ4n) is 5.67. The van der Waals surface area contributed by atoms with Gasteiger partial charge in [-0.2, -0.15) is 0 Å². The molecule has 0 fully saturated rings. The van der Waals surface area contributed by atoms with Crippen LogP contribution in [0.3, 0.4) is 0 Å². The van der Waals surface area contributed by atoms with Crippen molar-refractivity contribution >= 4 is 40.2 Å². The van der Waals surface area contributed by atoms with Crippen LogP contribution >= 0.6 is 7.26 Å². The number of hydrogen-bond acceptors (Lipinski definition) is 1. The maximum Gasteiger partial charge on any atom is 0.116 e. The molecule has 0 saturated heterocycles. The third kappa shape index (κ3) is 5.60. The van der Waals surface area contributed by atoms with E-state index in [4.69, 9.17) is 0 Å². The highest BCUT2D eigenvalue weighted by molar-refractivity contribution is 7.95. The first-order valence-electron chi connectivity index (χ1n) is 14.2. The Hall–Kier alpha value is -4.45. The molecule has 1 nitrogen and oxygen atoms in total. The molecular weight excluding hydrogens is 513 g/mol. The highest BCUT2D eigenvalue weighted by Crippen LogP contribution is 2.58. The van der Waals surface area contributed by atoms with Gasteiger partial charge in [-0.25, -0.2) is 0 Å². The zero-order chi connectivity index (χ0) is 28.1. The van der Waals surface area contributed by atoms with Gasteiger partial charge in [0.05, 0.1) is 6.16 Å². The van der Waals surface area contributed by atoms with Crippen molar-refractivity contribution in [2.24, 2.45) is 0 Å². The van der Waals surface area contributed by atoms with Gasteiger partial charge in [-0.15, -0.1) is 0 Å². The number of hydrogen-bond donors (Lipinski definition) is 0. The summed E-state index contributed by atoms with van der Waals surface area (Å²) >= 11 is 0. The lowest BCUT2D eigenvalue weighted by molar-refractivity contribution is 1.25. The van der Waals surface area contributed by atoms with Crippen LogP contribution in [-0.2, 0) is 6.16 Å². The molecule has 41 heavy (non-hydrogen) atoms. The predicted molar refractivity (Wildman–Crippen MR) is 179 cm³/mol. The van der Waals surface area contributed by atoms with Gasteiger partial charge in [-0.1, -0.05) is 102 Å². The molecule has 200 valence electrons. The normalized spacial score (nSPS) is 11.3. The smallest absolute Gasteiger partial charge is 0.116 e. The summed E-state index contributed by atoms with van der Waals surface area (Å²) in [6, 6.07) is 60.2. The molecule has 0 aliphatic rings. The van der Waals surface area contributed by atoms with E-state index in [2.05, 4.69) is 183 Å². The summed E-state index contributed by atoms with van der Waals surface area (Å²) in [5, 5.41) is 4.20. The third-order valence-electron chi connectivity index (χ3n) is 7.76. The summed E-state index contributed by atoms with van der Waals surface area (Å²) in [6.07, 6.45) is 0.939. The maximum atomic E-state index is 2.39. The van der Waals surface area contributed by atoms with Gasteiger partial charge in [0.2, 0.25) is 0 Å². The number of rotatable bonds is 8. The van der Waals surface area contributed by atoms with Crippen molar-refractivity contribution < 1.29 is 0 Å². The summed E-state index contributed by atoms with van der Waals surface area (Å²) in [6.45, 7) is 4.28. The lowest BCUT2D eigenvalue weighted by Gasteiger charge is -2.29. The molecule has 0 heterocycles. The first kappa shape index (κ1) is 26.8. The Morgan fingerprint density at radius 2 is 0.829 bits per heavy atom. The number of nitrogens with zero attached hydrogens (tertiary/aromatic N) is 1. The van der Waals surface area contributed by atoms with E-state index < -0.39 is 7.26 Å². The minimum Gasteiger partial charge on any atom is -0.310 e. The first-order chi connectivity index (χ1) is 20.1. The van der Waals surface area contributed by atoms with Crippen LogP contribution < -0.4 is 20.8 Å². The zero-order valence-corrected chi connectivity index (χ0v) is 24.6. The van der Waals surface area contributed by atoms with E-state index in [0.717, 1.165) is 17.5 Å². The van der Waals surface area contributed by atoms with Gasteiger partial charge in [0, 0.05) is 17.1 Å². The minimum absolute atomic E-state index is 0.939. The molecule has 0 aliphatic heterocycles. The second kappa shape index (κ2) is 12.0. The highest BCUT2D eigenvalue weighted by Gasteiger charge is 2.45. The monoisotopic (exact) mass is 548 g/mol. The van der Waals surface area contributed by atoms with Crippen LogP contribution in [0.5, 0.6) is 0 Å². The summed E-state index contributed by atoms with van der Waals surface area (Å²) in [7, 11) is -2.00.